The Morgan fingerprint density at radius 1 is 1.53 bits per heavy atom. The van der Waals surface area contributed by atoms with Crippen molar-refractivity contribution >= 4 is 21.8 Å². The number of benzene rings is 1. The van der Waals surface area contributed by atoms with Crippen LogP contribution >= 0.6 is 15.9 Å². The summed E-state index contributed by atoms with van der Waals surface area (Å²) in [5.41, 5.74) is 0.124. The maximum atomic E-state index is 12.0. The Morgan fingerprint density at radius 3 is 2.76 bits per heavy atom. The van der Waals surface area contributed by atoms with Gasteiger partial charge in [0.15, 0.2) is 0 Å². The molecule has 0 saturated heterocycles. The minimum atomic E-state index is -0.463. The molecule has 1 rings (SSSR count). The molecule has 5 heteroatoms. The van der Waals surface area contributed by atoms with E-state index in [9.17, 15) is 9.90 Å². The van der Waals surface area contributed by atoms with Crippen LogP contribution in [0.15, 0.2) is 22.7 Å². The summed E-state index contributed by atoms with van der Waals surface area (Å²) in [6.45, 7) is -0.0829. The Labute approximate surface area is 108 Å². The lowest BCUT2D eigenvalue weighted by Gasteiger charge is -2.17. The summed E-state index contributed by atoms with van der Waals surface area (Å²) in [6.07, 6.45) is 5.11. The van der Waals surface area contributed by atoms with Gasteiger partial charge in [0.1, 0.15) is 12.3 Å². The highest BCUT2D eigenvalue weighted by atomic mass is 79.9. The Hall–Kier alpha value is -1.98. The number of phenolic OH excluding ortho intramolecular Hbond substituents is 1. The fourth-order valence-electron chi connectivity index (χ4n) is 1.25. The molecular weight excluding hydrogens is 284 g/mol. The van der Waals surface area contributed by atoms with E-state index in [0.717, 1.165) is 0 Å². The summed E-state index contributed by atoms with van der Waals surface area (Å²) in [5.74, 6) is 1.69. The number of hydrogen-bond acceptors (Lipinski definition) is 3. The lowest BCUT2D eigenvalue weighted by Crippen LogP contribution is -2.31. The Morgan fingerprint density at radius 2 is 2.24 bits per heavy atom. The third kappa shape index (κ3) is 3.24. The van der Waals surface area contributed by atoms with Crippen LogP contribution in [0, 0.1) is 23.7 Å². The number of aromatic hydroxyl groups is 1. The van der Waals surface area contributed by atoms with Gasteiger partial charge in [0.25, 0.3) is 5.91 Å². The molecule has 0 aliphatic heterocycles. The van der Waals surface area contributed by atoms with Crippen LogP contribution in [0.5, 0.6) is 5.75 Å². The molecule has 1 N–H and O–H groups in total. The second-order valence-corrected chi connectivity index (χ2v) is 4.10. The summed E-state index contributed by atoms with van der Waals surface area (Å²) >= 11 is 3.17. The smallest absolute Gasteiger partial charge is 0.259 e. The lowest BCUT2D eigenvalue weighted by molar-refractivity contribution is 0.0792. The third-order valence-corrected chi connectivity index (χ3v) is 2.51. The number of terminal acetylenes is 1. The van der Waals surface area contributed by atoms with E-state index < -0.39 is 5.91 Å². The van der Waals surface area contributed by atoms with Crippen molar-refractivity contribution in [3.8, 4) is 24.2 Å². The number of phenols is 1. The van der Waals surface area contributed by atoms with Crippen molar-refractivity contribution in [1.82, 2.24) is 4.90 Å². The molecule has 17 heavy (non-hydrogen) atoms. The molecule has 0 unspecified atom stereocenters. The Bertz CT molecular complexity index is 498. The summed E-state index contributed by atoms with van der Waals surface area (Å²) in [7, 11) is 0. The topological polar surface area (TPSA) is 64.3 Å². The van der Waals surface area contributed by atoms with Crippen LogP contribution in [-0.4, -0.2) is 29.0 Å². The maximum absolute atomic E-state index is 12.0. The van der Waals surface area contributed by atoms with E-state index in [4.69, 9.17) is 11.7 Å². The molecule has 0 bridgehead atoms. The fraction of sp³-hybridized carbons (Fsp3) is 0.167. The normalized spacial score (nSPS) is 9.12. The van der Waals surface area contributed by atoms with E-state index in [2.05, 4.69) is 21.9 Å². The standard InChI is InChI=1S/C12H9BrN2O2/c1-2-6-15(7-5-14)12(17)10-4-3-9(13)8-11(10)16/h1,3-4,8,16H,6-7H2. The molecule has 1 aromatic rings. The summed E-state index contributed by atoms with van der Waals surface area (Å²) in [6, 6.07) is 6.37. The molecule has 4 nitrogen and oxygen atoms in total. The van der Waals surface area contributed by atoms with Gasteiger partial charge in [-0.15, -0.1) is 6.42 Å². The first-order valence-corrected chi connectivity index (χ1v) is 5.47. The van der Waals surface area contributed by atoms with Gasteiger partial charge >= 0.3 is 0 Å². The van der Waals surface area contributed by atoms with E-state index >= 15 is 0 Å². The predicted octanol–water partition coefficient (Wildman–Crippen LogP) is 1.75. The van der Waals surface area contributed by atoms with Gasteiger partial charge in [-0.1, -0.05) is 21.9 Å². The summed E-state index contributed by atoms with van der Waals surface area (Å²) < 4.78 is 0.662. The minimum Gasteiger partial charge on any atom is -0.507 e. The molecule has 0 saturated carbocycles. The molecule has 0 spiro atoms. The summed E-state index contributed by atoms with van der Waals surface area (Å²) in [5, 5.41) is 18.2. The monoisotopic (exact) mass is 292 g/mol. The first-order valence-electron chi connectivity index (χ1n) is 4.68. The van der Waals surface area contributed by atoms with Crippen LogP contribution < -0.4 is 0 Å². The molecule has 1 aromatic carbocycles. The van der Waals surface area contributed by atoms with Gasteiger partial charge in [-0.2, -0.15) is 5.26 Å². The lowest BCUT2D eigenvalue weighted by atomic mass is 10.1. The SMILES string of the molecule is C#CCN(CC#N)C(=O)c1ccc(Br)cc1O. The van der Waals surface area contributed by atoms with E-state index in [1.807, 2.05) is 6.07 Å². The van der Waals surface area contributed by atoms with Crippen molar-refractivity contribution in [3.05, 3.63) is 28.2 Å². The van der Waals surface area contributed by atoms with Gasteiger partial charge in [0.05, 0.1) is 18.2 Å². The van der Waals surface area contributed by atoms with Crippen LogP contribution in [0.25, 0.3) is 0 Å². The number of nitrogens with zero attached hydrogens (tertiary/aromatic N) is 2. The molecule has 0 heterocycles. The second-order valence-electron chi connectivity index (χ2n) is 3.18. The number of halogens is 1. The second kappa shape index (κ2) is 5.93. The predicted molar refractivity (Wildman–Crippen MR) is 66.2 cm³/mol. The van der Waals surface area contributed by atoms with Crippen molar-refractivity contribution in [2.45, 2.75) is 0 Å². The molecular formula is C12H9BrN2O2. The Balaban J connectivity index is 3.02. The average Bonchev–Trinajstić information content (AvgIpc) is 2.28. The maximum Gasteiger partial charge on any atom is 0.259 e. The first kappa shape index (κ1) is 13.1. The number of hydrogen-bond donors (Lipinski definition) is 1. The molecule has 0 fully saturated rings. The molecule has 0 atom stereocenters. The first-order chi connectivity index (χ1) is 8.10. The average molecular weight is 293 g/mol. The van der Waals surface area contributed by atoms with Crippen LogP contribution in [0.1, 0.15) is 10.4 Å². The van der Waals surface area contributed by atoms with Crippen LogP contribution in [0.3, 0.4) is 0 Å². The number of amides is 1. The molecule has 0 aliphatic carbocycles. The van der Waals surface area contributed by atoms with Crippen LogP contribution in [-0.2, 0) is 0 Å². The zero-order valence-corrected chi connectivity index (χ0v) is 10.4. The van der Waals surface area contributed by atoms with Crippen molar-refractivity contribution < 1.29 is 9.90 Å². The van der Waals surface area contributed by atoms with Gasteiger partial charge in [-0.05, 0) is 18.2 Å². The minimum absolute atomic E-state index is 0.0297. The van der Waals surface area contributed by atoms with Crippen molar-refractivity contribution in [1.29, 1.82) is 5.26 Å². The third-order valence-electron chi connectivity index (χ3n) is 2.02. The van der Waals surface area contributed by atoms with Crippen molar-refractivity contribution in [3.63, 3.8) is 0 Å². The number of rotatable bonds is 3. The van der Waals surface area contributed by atoms with E-state index in [1.165, 1.54) is 17.0 Å². The molecule has 0 radical (unpaired) electrons. The largest absolute Gasteiger partial charge is 0.507 e. The van der Waals surface area contributed by atoms with E-state index in [0.29, 0.717) is 4.47 Å². The quantitative estimate of drug-likeness (QED) is 0.682. The fourth-order valence-corrected chi connectivity index (χ4v) is 1.60. The zero-order chi connectivity index (χ0) is 12.8. The highest BCUT2D eigenvalue weighted by molar-refractivity contribution is 9.10. The summed E-state index contributed by atoms with van der Waals surface area (Å²) in [4.78, 5) is 13.1. The Kier molecular flexibility index (Phi) is 4.56. The highest BCUT2D eigenvalue weighted by Gasteiger charge is 2.17. The van der Waals surface area contributed by atoms with E-state index in [1.54, 1.807) is 6.07 Å². The van der Waals surface area contributed by atoms with Gasteiger partial charge in [-0.3, -0.25) is 4.79 Å². The van der Waals surface area contributed by atoms with Crippen molar-refractivity contribution in [2.75, 3.05) is 13.1 Å². The van der Waals surface area contributed by atoms with Gasteiger partial charge in [0.2, 0.25) is 0 Å². The van der Waals surface area contributed by atoms with Crippen LogP contribution in [0.4, 0.5) is 0 Å². The molecule has 1 amide bonds. The number of carbonyl (C=O) groups is 1. The van der Waals surface area contributed by atoms with Gasteiger partial charge in [-0.25, -0.2) is 0 Å². The zero-order valence-electron chi connectivity index (χ0n) is 8.85. The number of nitriles is 1. The molecule has 86 valence electrons. The van der Waals surface area contributed by atoms with Gasteiger partial charge < -0.3 is 10.0 Å². The van der Waals surface area contributed by atoms with Gasteiger partial charge in [0, 0.05) is 4.47 Å². The van der Waals surface area contributed by atoms with Crippen molar-refractivity contribution in [2.24, 2.45) is 0 Å². The highest BCUT2D eigenvalue weighted by Crippen LogP contribution is 2.23. The van der Waals surface area contributed by atoms with Crippen LogP contribution in [0.2, 0.25) is 0 Å². The van der Waals surface area contributed by atoms with E-state index in [-0.39, 0.29) is 24.4 Å². The molecule has 0 aromatic heterocycles. The molecule has 0 aliphatic rings. The number of carbonyl (C=O) groups excluding carboxylic acids is 1.